The van der Waals surface area contributed by atoms with Gasteiger partial charge in [0.15, 0.2) is 0 Å². The zero-order chi connectivity index (χ0) is 14.1. The molecule has 3 nitrogen and oxygen atoms in total. The number of ether oxygens (including phenoxy) is 1. The number of benzene rings is 2. The highest BCUT2D eigenvalue weighted by Crippen LogP contribution is 2.33. The van der Waals surface area contributed by atoms with Crippen molar-refractivity contribution in [1.29, 1.82) is 0 Å². The van der Waals surface area contributed by atoms with Crippen LogP contribution in [0.1, 0.15) is 5.69 Å². The fraction of sp³-hybridized carbons (Fsp3) is 0.0625. The van der Waals surface area contributed by atoms with E-state index in [9.17, 15) is 0 Å². The molecule has 100 valence electrons. The van der Waals surface area contributed by atoms with E-state index in [1.165, 1.54) is 0 Å². The monoisotopic (exact) mass is 284 g/mol. The number of nitrogens with two attached hydrogens (primary N) is 1. The average molecular weight is 285 g/mol. The third-order valence-corrected chi connectivity index (χ3v) is 3.48. The number of anilines is 1. The van der Waals surface area contributed by atoms with Crippen LogP contribution in [0, 0.1) is 6.92 Å². The lowest BCUT2D eigenvalue weighted by Crippen LogP contribution is -1.95. The minimum atomic E-state index is 0.518. The van der Waals surface area contributed by atoms with Crippen molar-refractivity contribution in [3.8, 4) is 11.6 Å². The molecule has 0 fully saturated rings. The van der Waals surface area contributed by atoms with Crippen LogP contribution in [-0.4, -0.2) is 4.98 Å². The Balaban J connectivity index is 2.06. The van der Waals surface area contributed by atoms with Gasteiger partial charge in [-0.2, -0.15) is 0 Å². The number of halogens is 1. The molecule has 2 N–H and O–H groups in total. The fourth-order valence-electron chi connectivity index (χ4n) is 2.04. The van der Waals surface area contributed by atoms with Crippen LogP contribution in [0.3, 0.4) is 0 Å². The van der Waals surface area contributed by atoms with Crippen molar-refractivity contribution in [3.05, 3.63) is 59.2 Å². The van der Waals surface area contributed by atoms with Crippen LogP contribution < -0.4 is 10.5 Å². The van der Waals surface area contributed by atoms with Gasteiger partial charge in [0, 0.05) is 21.9 Å². The molecule has 0 unspecified atom stereocenters. The molecule has 4 heteroatoms. The highest BCUT2D eigenvalue weighted by molar-refractivity contribution is 6.35. The molecule has 3 rings (SSSR count). The van der Waals surface area contributed by atoms with Gasteiger partial charge in [-0.25, -0.2) is 4.98 Å². The van der Waals surface area contributed by atoms with Crippen LogP contribution in [0.2, 0.25) is 5.02 Å². The summed E-state index contributed by atoms with van der Waals surface area (Å²) in [6.07, 6.45) is 0. The summed E-state index contributed by atoms with van der Waals surface area (Å²) >= 11 is 6.19. The van der Waals surface area contributed by atoms with Gasteiger partial charge in [-0.3, -0.25) is 0 Å². The second-order valence-electron chi connectivity index (χ2n) is 4.52. The molecule has 0 aliphatic rings. The number of aromatic nitrogens is 1. The largest absolute Gasteiger partial charge is 0.438 e. The van der Waals surface area contributed by atoms with Crippen LogP contribution in [-0.2, 0) is 0 Å². The van der Waals surface area contributed by atoms with Gasteiger partial charge in [-0.15, -0.1) is 0 Å². The van der Waals surface area contributed by atoms with Crippen molar-refractivity contribution in [2.75, 3.05) is 5.73 Å². The Morgan fingerprint density at radius 2 is 1.75 bits per heavy atom. The molecule has 2 aromatic carbocycles. The Bertz CT molecular complexity index is 787. The van der Waals surface area contributed by atoms with E-state index in [-0.39, 0.29) is 0 Å². The molecule has 1 heterocycles. The molecule has 0 atom stereocenters. The summed E-state index contributed by atoms with van der Waals surface area (Å²) in [5, 5.41) is 2.62. The van der Waals surface area contributed by atoms with E-state index >= 15 is 0 Å². The minimum Gasteiger partial charge on any atom is -0.438 e. The third kappa shape index (κ3) is 2.28. The van der Waals surface area contributed by atoms with E-state index < -0.39 is 0 Å². The Labute approximate surface area is 122 Å². The predicted octanol–water partition coefficient (Wildman–Crippen LogP) is 4.57. The van der Waals surface area contributed by atoms with E-state index in [2.05, 4.69) is 4.98 Å². The molecule has 0 amide bonds. The van der Waals surface area contributed by atoms with Gasteiger partial charge >= 0.3 is 0 Å². The maximum Gasteiger partial charge on any atom is 0.219 e. The molecule has 0 radical (unpaired) electrons. The Kier molecular flexibility index (Phi) is 3.20. The third-order valence-electron chi connectivity index (χ3n) is 3.15. The lowest BCUT2D eigenvalue weighted by Gasteiger charge is -2.10. The molecule has 0 bridgehead atoms. The van der Waals surface area contributed by atoms with E-state index in [1.54, 1.807) is 12.1 Å². The summed E-state index contributed by atoms with van der Waals surface area (Å²) in [5.74, 6) is 1.24. The van der Waals surface area contributed by atoms with Crippen LogP contribution in [0.4, 0.5) is 5.69 Å². The Morgan fingerprint density at radius 1 is 1.00 bits per heavy atom. The number of fused-ring (bicyclic) bond motifs is 1. The molecule has 0 aliphatic carbocycles. The molecule has 3 aromatic rings. The maximum absolute atomic E-state index is 6.19. The van der Waals surface area contributed by atoms with Gasteiger partial charge in [0.25, 0.3) is 0 Å². The number of rotatable bonds is 2. The Hall–Kier alpha value is -2.26. The Morgan fingerprint density at radius 3 is 2.50 bits per heavy atom. The van der Waals surface area contributed by atoms with Crippen molar-refractivity contribution in [3.63, 3.8) is 0 Å². The van der Waals surface area contributed by atoms with Gasteiger partial charge in [0.2, 0.25) is 5.88 Å². The first-order chi connectivity index (χ1) is 9.65. The normalized spacial score (nSPS) is 10.7. The van der Waals surface area contributed by atoms with Crippen molar-refractivity contribution < 1.29 is 4.74 Å². The first-order valence-electron chi connectivity index (χ1n) is 6.23. The topological polar surface area (TPSA) is 48.1 Å². The zero-order valence-corrected chi connectivity index (χ0v) is 11.7. The summed E-state index contributed by atoms with van der Waals surface area (Å²) in [5.41, 5.74) is 7.16. The minimum absolute atomic E-state index is 0.518. The highest BCUT2D eigenvalue weighted by atomic mass is 35.5. The average Bonchev–Trinajstić information content (AvgIpc) is 2.46. The smallest absolute Gasteiger partial charge is 0.219 e. The summed E-state index contributed by atoms with van der Waals surface area (Å²) in [4.78, 5) is 4.32. The van der Waals surface area contributed by atoms with Crippen LogP contribution >= 0.6 is 11.6 Å². The number of aryl methyl sites for hydroxylation is 1. The standard InChI is InChI=1S/C16H13ClN2O/c1-10-14(18)7-9-16(19-10)20-15-8-6-13(17)11-4-2-3-5-12(11)15/h2-9H,18H2,1H3. The number of nitrogens with zero attached hydrogens (tertiary/aromatic N) is 1. The van der Waals surface area contributed by atoms with E-state index in [4.69, 9.17) is 22.1 Å². The molecule has 20 heavy (non-hydrogen) atoms. The molecule has 0 spiro atoms. The lowest BCUT2D eigenvalue weighted by atomic mass is 10.1. The van der Waals surface area contributed by atoms with E-state index in [0.29, 0.717) is 16.6 Å². The van der Waals surface area contributed by atoms with Crippen LogP contribution in [0.15, 0.2) is 48.5 Å². The van der Waals surface area contributed by atoms with Gasteiger partial charge in [0.05, 0.1) is 11.4 Å². The summed E-state index contributed by atoms with van der Waals surface area (Å²) < 4.78 is 5.86. The van der Waals surface area contributed by atoms with Gasteiger partial charge in [-0.1, -0.05) is 35.9 Å². The second kappa shape index (κ2) is 5.02. The molecular formula is C16H13ClN2O. The van der Waals surface area contributed by atoms with E-state index in [0.717, 1.165) is 22.2 Å². The van der Waals surface area contributed by atoms with E-state index in [1.807, 2.05) is 43.3 Å². The molecule has 0 aliphatic heterocycles. The van der Waals surface area contributed by atoms with Gasteiger partial charge in [0.1, 0.15) is 5.75 Å². The maximum atomic E-state index is 6.19. The molecular weight excluding hydrogens is 272 g/mol. The predicted molar refractivity (Wildman–Crippen MR) is 82.4 cm³/mol. The van der Waals surface area contributed by atoms with Crippen molar-refractivity contribution in [2.45, 2.75) is 6.92 Å². The summed E-state index contributed by atoms with van der Waals surface area (Å²) in [6, 6.07) is 15.0. The molecule has 0 saturated carbocycles. The lowest BCUT2D eigenvalue weighted by molar-refractivity contribution is 0.467. The number of nitrogen functional groups attached to an aromatic ring is 1. The van der Waals surface area contributed by atoms with Gasteiger partial charge in [-0.05, 0) is 25.1 Å². The van der Waals surface area contributed by atoms with Crippen molar-refractivity contribution in [2.24, 2.45) is 0 Å². The number of hydrogen-bond acceptors (Lipinski definition) is 3. The van der Waals surface area contributed by atoms with Crippen LogP contribution in [0.5, 0.6) is 11.6 Å². The second-order valence-corrected chi connectivity index (χ2v) is 4.92. The summed E-state index contributed by atoms with van der Waals surface area (Å²) in [7, 11) is 0. The van der Waals surface area contributed by atoms with Crippen LogP contribution in [0.25, 0.3) is 10.8 Å². The van der Waals surface area contributed by atoms with Crippen molar-refractivity contribution in [1.82, 2.24) is 4.98 Å². The zero-order valence-electron chi connectivity index (χ0n) is 10.9. The summed E-state index contributed by atoms with van der Waals surface area (Å²) in [6.45, 7) is 1.85. The molecule has 1 aromatic heterocycles. The first-order valence-corrected chi connectivity index (χ1v) is 6.61. The fourth-order valence-corrected chi connectivity index (χ4v) is 2.27. The molecule has 0 saturated heterocycles. The van der Waals surface area contributed by atoms with Crippen molar-refractivity contribution >= 4 is 28.1 Å². The van der Waals surface area contributed by atoms with Gasteiger partial charge < -0.3 is 10.5 Å². The SMILES string of the molecule is Cc1nc(Oc2ccc(Cl)c3ccccc23)ccc1N. The quantitative estimate of drug-likeness (QED) is 0.750. The number of pyridine rings is 1. The first kappa shape index (κ1) is 12.8. The number of hydrogen-bond donors (Lipinski definition) is 1. The highest BCUT2D eigenvalue weighted by Gasteiger charge is 2.07.